The minimum atomic E-state index is -1.35. The molecule has 5 nitrogen and oxygen atoms in total. The van der Waals surface area contributed by atoms with Crippen LogP contribution < -0.4 is 0 Å². The molecule has 0 atom stereocenters. The monoisotopic (exact) mass is 227 g/mol. The molecular weight excluding hydrogens is 213 g/mol. The summed E-state index contributed by atoms with van der Waals surface area (Å²) in [5.41, 5.74) is 0.316. The molecule has 16 heavy (non-hydrogen) atoms. The van der Waals surface area contributed by atoms with E-state index in [1.54, 1.807) is 10.9 Å². The number of carbonyl (C=O) groups is 1. The number of carboxylic acid groups (broad SMARTS) is 1. The van der Waals surface area contributed by atoms with E-state index in [1.165, 1.54) is 18.7 Å². The lowest BCUT2D eigenvalue weighted by atomic mass is 10.2. The van der Waals surface area contributed by atoms with Gasteiger partial charge in [-0.2, -0.15) is 5.10 Å². The zero-order valence-electron chi connectivity index (χ0n) is 9.27. The first-order chi connectivity index (χ1) is 7.37. The SMILES string of the molecule is CC(C)(F)Cn1ncc2c1CN(C(=O)O)C2. The van der Waals surface area contributed by atoms with Crippen LogP contribution in [0.25, 0.3) is 0 Å². The van der Waals surface area contributed by atoms with Gasteiger partial charge in [0.2, 0.25) is 0 Å². The van der Waals surface area contributed by atoms with Crippen LogP contribution in [0.5, 0.6) is 0 Å². The molecule has 0 saturated carbocycles. The van der Waals surface area contributed by atoms with Crippen molar-refractivity contribution < 1.29 is 14.3 Å². The van der Waals surface area contributed by atoms with Crippen LogP contribution in [0.4, 0.5) is 9.18 Å². The number of aromatic nitrogens is 2. The molecule has 0 aromatic carbocycles. The Labute approximate surface area is 92.5 Å². The summed E-state index contributed by atoms with van der Waals surface area (Å²) in [7, 11) is 0. The lowest BCUT2D eigenvalue weighted by molar-refractivity contribution is 0.142. The van der Waals surface area contributed by atoms with Gasteiger partial charge in [-0.15, -0.1) is 0 Å². The molecule has 0 radical (unpaired) electrons. The van der Waals surface area contributed by atoms with Crippen molar-refractivity contribution in [3.05, 3.63) is 17.5 Å². The van der Waals surface area contributed by atoms with Crippen molar-refractivity contribution in [2.24, 2.45) is 0 Å². The van der Waals surface area contributed by atoms with E-state index in [0.717, 1.165) is 11.3 Å². The molecule has 1 amide bonds. The van der Waals surface area contributed by atoms with Crippen molar-refractivity contribution in [1.29, 1.82) is 0 Å². The third-order valence-electron chi connectivity index (χ3n) is 2.53. The van der Waals surface area contributed by atoms with Gasteiger partial charge in [-0.1, -0.05) is 0 Å². The Balaban J connectivity index is 2.19. The smallest absolute Gasteiger partial charge is 0.407 e. The molecule has 1 aliphatic rings. The largest absolute Gasteiger partial charge is 0.465 e. The van der Waals surface area contributed by atoms with Crippen LogP contribution in [-0.2, 0) is 19.6 Å². The predicted octanol–water partition coefficient (Wildman–Crippen LogP) is 1.62. The molecule has 0 spiro atoms. The second-order valence-electron chi connectivity index (χ2n) is 4.63. The van der Waals surface area contributed by atoms with Crippen LogP contribution in [0.2, 0.25) is 0 Å². The Bertz CT molecular complexity index is 422. The summed E-state index contributed by atoms with van der Waals surface area (Å²) in [5.74, 6) is 0. The van der Waals surface area contributed by atoms with Crippen LogP contribution in [0.1, 0.15) is 25.1 Å². The van der Waals surface area contributed by atoms with Gasteiger partial charge in [0.15, 0.2) is 0 Å². The topological polar surface area (TPSA) is 58.4 Å². The van der Waals surface area contributed by atoms with Gasteiger partial charge in [0.25, 0.3) is 0 Å². The van der Waals surface area contributed by atoms with Gasteiger partial charge in [0, 0.05) is 5.56 Å². The van der Waals surface area contributed by atoms with Crippen LogP contribution in [0.3, 0.4) is 0 Å². The number of rotatable bonds is 2. The van der Waals surface area contributed by atoms with E-state index in [9.17, 15) is 9.18 Å². The van der Waals surface area contributed by atoms with E-state index in [0.29, 0.717) is 13.1 Å². The zero-order valence-corrected chi connectivity index (χ0v) is 9.27. The minimum absolute atomic E-state index is 0.149. The highest BCUT2D eigenvalue weighted by molar-refractivity contribution is 5.66. The summed E-state index contributed by atoms with van der Waals surface area (Å²) >= 11 is 0. The van der Waals surface area contributed by atoms with Crippen LogP contribution >= 0.6 is 0 Å². The Morgan fingerprint density at radius 2 is 2.31 bits per heavy atom. The number of alkyl halides is 1. The molecule has 6 heteroatoms. The fourth-order valence-electron chi connectivity index (χ4n) is 1.83. The Kier molecular flexibility index (Phi) is 2.36. The summed E-state index contributed by atoms with van der Waals surface area (Å²) in [5, 5.41) is 12.9. The van der Waals surface area contributed by atoms with Crippen molar-refractivity contribution in [3.8, 4) is 0 Å². The first-order valence-electron chi connectivity index (χ1n) is 5.07. The van der Waals surface area contributed by atoms with Gasteiger partial charge >= 0.3 is 6.09 Å². The molecule has 0 fully saturated rings. The van der Waals surface area contributed by atoms with Crippen molar-refractivity contribution in [2.45, 2.75) is 39.2 Å². The number of hydrogen-bond donors (Lipinski definition) is 1. The molecule has 1 N–H and O–H groups in total. The molecule has 88 valence electrons. The van der Waals surface area contributed by atoms with Gasteiger partial charge in [-0.05, 0) is 13.8 Å². The number of halogens is 1. The molecule has 0 aliphatic carbocycles. The molecule has 1 aromatic heterocycles. The highest BCUT2D eigenvalue weighted by Crippen LogP contribution is 2.24. The normalized spacial score (nSPS) is 15.3. The molecule has 2 heterocycles. The summed E-state index contributed by atoms with van der Waals surface area (Å²) in [6.45, 7) is 3.74. The maximum Gasteiger partial charge on any atom is 0.407 e. The average molecular weight is 227 g/mol. The highest BCUT2D eigenvalue weighted by atomic mass is 19.1. The maximum atomic E-state index is 13.5. The lowest BCUT2D eigenvalue weighted by Gasteiger charge is -2.16. The fourth-order valence-corrected chi connectivity index (χ4v) is 1.83. The first-order valence-corrected chi connectivity index (χ1v) is 5.07. The summed E-state index contributed by atoms with van der Waals surface area (Å²) < 4.78 is 15.0. The van der Waals surface area contributed by atoms with Crippen LogP contribution in [-0.4, -0.2) is 31.5 Å². The predicted molar refractivity (Wildman–Crippen MR) is 54.7 cm³/mol. The van der Waals surface area contributed by atoms with Gasteiger partial charge in [0.1, 0.15) is 5.67 Å². The molecule has 0 saturated heterocycles. The Morgan fingerprint density at radius 1 is 1.62 bits per heavy atom. The summed E-state index contributed by atoms with van der Waals surface area (Å²) in [6, 6.07) is 0. The summed E-state index contributed by atoms with van der Waals surface area (Å²) in [4.78, 5) is 12.1. The molecule has 1 aromatic rings. The Hall–Kier alpha value is -1.59. The molecular formula is C10H14FN3O2. The molecule has 0 bridgehead atoms. The molecule has 2 rings (SSSR count). The number of hydrogen-bond acceptors (Lipinski definition) is 2. The highest BCUT2D eigenvalue weighted by Gasteiger charge is 2.28. The number of nitrogens with zero attached hydrogens (tertiary/aromatic N) is 3. The molecule has 0 unspecified atom stereocenters. The standard InChI is InChI=1S/C10H14FN3O2/c1-10(2,11)6-14-8-5-13(9(15)16)4-7(8)3-12-14/h3H,4-6H2,1-2H3,(H,15,16). The lowest BCUT2D eigenvalue weighted by Crippen LogP contribution is -2.26. The average Bonchev–Trinajstić information content (AvgIpc) is 2.64. The fraction of sp³-hybridized carbons (Fsp3) is 0.600. The van der Waals surface area contributed by atoms with Crippen LogP contribution in [0, 0.1) is 0 Å². The summed E-state index contributed by atoms with van der Waals surface area (Å²) in [6.07, 6.45) is 0.659. The zero-order chi connectivity index (χ0) is 11.9. The first kappa shape index (κ1) is 10.9. The van der Waals surface area contributed by atoms with Crippen molar-refractivity contribution in [3.63, 3.8) is 0 Å². The second kappa shape index (κ2) is 3.47. The van der Waals surface area contributed by atoms with Gasteiger partial charge in [-0.25, -0.2) is 9.18 Å². The van der Waals surface area contributed by atoms with Crippen molar-refractivity contribution >= 4 is 6.09 Å². The third kappa shape index (κ3) is 2.00. The van der Waals surface area contributed by atoms with Gasteiger partial charge in [-0.3, -0.25) is 9.58 Å². The van der Waals surface area contributed by atoms with Gasteiger partial charge < -0.3 is 5.11 Å². The van der Waals surface area contributed by atoms with E-state index in [-0.39, 0.29) is 6.54 Å². The number of fused-ring (bicyclic) bond motifs is 1. The van der Waals surface area contributed by atoms with Crippen molar-refractivity contribution in [2.75, 3.05) is 0 Å². The molecule has 1 aliphatic heterocycles. The minimum Gasteiger partial charge on any atom is -0.465 e. The number of amides is 1. The third-order valence-corrected chi connectivity index (χ3v) is 2.53. The Morgan fingerprint density at radius 3 is 2.88 bits per heavy atom. The van der Waals surface area contributed by atoms with E-state index in [2.05, 4.69) is 5.10 Å². The van der Waals surface area contributed by atoms with Gasteiger partial charge in [0.05, 0.1) is 31.5 Å². The van der Waals surface area contributed by atoms with E-state index >= 15 is 0 Å². The quantitative estimate of drug-likeness (QED) is 0.835. The van der Waals surface area contributed by atoms with Crippen LogP contribution in [0.15, 0.2) is 6.20 Å². The second-order valence-corrected chi connectivity index (χ2v) is 4.63. The van der Waals surface area contributed by atoms with Crippen molar-refractivity contribution in [1.82, 2.24) is 14.7 Å². The van der Waals surface area contributed by atoms with E-state index < -0.39 is 11.8 Å². The van der Waals surface area contributed by atoms with E-state index in [4.69, 9.17) is 5.11 Å². The van der Waals surface area contributed by atoms with E-state index in [1.807, 2.05) is 0 Å². The maximum absolute atomic E-state index is 13.5.